The molecule has 6 heteroatoms. The molecule has 0 fully saturated rings. The third kappa shape index (κ3) is 4.94. The molecular formula is C51H30N4O2. The van der Waals surface area contributed by atoms with Crippen molar-refractivity contribution in [1.82, 2.24) is 19.5 Å². The van der Waals surface area contributed by atoms with Gasteiger partial charge in [-0.2, -0.15) is 9.97 Å². The number of para-hydroxylation sites is 2. The predicted molar refractivity (Wildman–Crippen MR) is 230 cm³/mol. The Morgan fingerprint density at radius 2 is 0.930 bits per heavy atom. The second-order valence-electron chi connectivity index (χ2n) is 14.4. The fraction of sp³-hybridized carbons (Fsp3) is 0. The molecule has 4 heterocycles. The topological polar surface area (TPSA) is 69.9 Å². The first-order valence-electron chi connectivity index (χ1n) is 19.0. The van der Waals surface area contributed by atoms with Gasteiger partial charge in [-0.15, -0.1) is 0 Å². The summed E-state index contributed by atoms with van der Waals surface area (Å²) in [5.41, 5.74) is 11.7. The molecular weight excluding hydrogens is 701 g/mol. The van der Waals surface area contributed by atoms with E-state index in [0.717, 1.165) is 87.9 Å². The van der Waals surface area contributed by atoms with Crippen molar-refractivity contribution >= 4 is 65.7 Å². The number of hydrogen-bond donors (Lipinski definition) is 0. The van der Waals surface area contributed by atoms with E-state index in [1.54, 1.807) is 0 Å². The van der Waals surface area contributed by atoms with Crippen LogP contribution < -0.4 is 0 Å². The minimum absolute atomic E-state index is 0.539. The molecule has 0 aliphatic heterocycles. The summed E-state index contributed by atoms with van der Waals surface area (Å²) < 4.78 is 15.0. The Morgan fingerprint density at radius 1 is 0.351 bits per heavy atom. The highest BCUT2D eigenvalue weighted by Gasteiger charge is 2.22. The average Bonchev–Trinajstić information content (AvgIpc) is 3.96. The minimum Gasteiger partial charge on any atom is -0.456 e. The maximum Gasteiger partial charge on any atom is 0.238 e. The molecule has 6 nitrogen and oxygen atoms in total. The van der Waals surface area contributed by atoms with Crippen LogP contribution in [0.3, 0.4) is 0 Å². The van der Waals surface area contributed by atoms with Gasteiger partial charge >= 0.3 is 0 Å². The highest BCUT2D eigenvalue weighted by Crippen LogP contribution is 2.41. The zero-order valence-electron chi connectivity index (χ0n) is 30.4. The summed E-state index contributed by atoms with van der Waals surface area (Å²) in [6, 6.07) is 62.6. The van der Waals surface area contributed by atoms with Crippen LogP contribution in [0, 0.1) is 0 Å². The number of hydrogen-bond acceptors (Lipinski definition) is 5. The lowest BCUT2D eigenvalue weighted by molar-refractivity contribution is 0.669. The van der Waals surface area contributed by atoms with E-state index in [1.807, 2.05) is 54.6 Å². The molecule has 0 radical (unpaired) electrons. The van der Waals surface area contributed by atoms with E-state index in [-0.39, 0.29) is 0 Å². The lowest BCUT2D eigenvalue weighted by atomic mass is 9.98. The molecule has 0 atom stereocenters. The van der Waals surface area contributed by atoms with Crippen molar-refractivity contribution in [1.29, 1.82) is 0 Å². The SMILES string of the molecule is c1ccc(-c2nc(-c3ccc(-c4ccc5c(c4)oc4cccc(-c6ccccc6)c45)cc3)nc(-n3c4ccccc4c4ccc5oc6ccccc6c5c43)n2)cc1. The molecule has 0 saturated heterocycles. The Morgan fingerprint density at radius 3 is 1.74 bits per heavy atom. The maximum absolute atomic E-state index is 6.44. The van der Waals surface area contributed by atoms with Crippen LogP contribution >= 0.6 is 0 Å². The molecule has 0 amide bonds. The van der Waals surface area contributed by atoms with Gasteiger partial charge in [-0.1, -0.05) is 140 Å². The smallest absolute Gasteiger partial charge is 0.238 e. The summed E-state index contributed by atoms with van der Waals surface area (Å²) in [5, 5.41) is 6.53. The molecule has 0 bridgehead atoms. The summed E-state index contributed by atoms with van der Waals surface area (Å²) in [7, 11) is 0. The van der Waals surface area contributed by atoms with Gasteiger partial charge in [0.1, 0.15) is 22.3 Å². The van der Waals surface area contributed by atoms with Crippen molar-refractivity contribution in [3.8, 4) is 51.0 Å². The molecule has 0 spiro atoms. The van der Waals surface area contributed by atoms with Gasteiger partial charge in [0.05, 0.1) is 16.4 Å². The normalized spacial score (nSPS) is 11.9. The van der Waals surface area contributed by atoms with Crippen molar-refractivity contribution in [2.45, 2.75) is 0 Å². The molecule has 0 aliphatic rings. The number of furan rings is 2. The van der Waals surface area contributed by atoms with Gasteiger partial charge in [0.25, 0.3) is 0 Å². The van der Waals surface area contributed by atoms with E-state index in [9.17, 15) is 0 Å². The third-order valence-corrected chi connectivity index (χ3v) is 11.1. The van der Waals surface area contributed by atoms with Gasteiger partial charge in [0.15, 0.2) is 11.6 Å². The van der Waals surface area contributed by atoms with Crippen molar-refractivity contribution in [3.05, 3.63) is 182 Å². The van der Waals surface area contributed by atoms with Crippen LogP contribution in [0.1, 0.15) is 0 Å². The average molecular weight is 731 g/mol. The van der Waals surface area contributed by atoms with Gasteiger partial charge in [0, 0.05) is 38.1 Å². The largest absolute Gasteiger partial charge is 0.456 e. The van der Waals surface area contributed by atoms with Crippen molar-refractivity contribution < 1.29 is 8.83 Å². The van der Waals surface area contributed by atoms with Crippen LogP contribution in [-0.4, -0.2) is 19.5 Å². The summed E-state index contributed by atoms with van der Waals surface area (Å²) in [6.45, 7) is 0. The molecule has 57 heavy (non-hydrogen) atoms. The highest BCUT2D eigenvalue weighted by atomic mass is 16.3. The quantitative estimate of drug-likeness (QED) is 0.176. The van der Waals surface area contributed by atoms with Gasteiger partial charge in [-0.25, -0.2) is 4.98 Å². The van der Waals surface area contributed by atoms with E-state index >= 15 is 0 Å². The highest BCUT2D eigenvalue weighted by molar-refractivity contribution is 6.24. The second-order valence-corrected chi connectivity index (χ2v) is 14.4. The molecule has 0 unspecified atom stereocenters. The lowest BCUT2D eigenvalue weighted by Crippen LogP contribution is -2.06. The second kappa shape index (κ2) is 12.3. The standard InChI is InChI=1S/C51H30N4O2/c1-3-12-32(13-4-1)36-18-11-21-43-46(36)40-27-26-35(30-45(40)57-43)31-22-24-34(25-23-31)50-52-49(33-14-5-2-6-15-33)53-51(54-50)55-41-19-9-7-16-37(41)38-28-29-44-47(48(38)55)39-17-8-10-20-42(39)56-44/h1-30H. The fourth-order valence-electron chi connectivity index (χ4n) is 8.46. The number of benzene rings is 8. The van der Waals surface area contributed by atoms with Gasteiger partial charge in [-0.3, -0.25) is 4.57 Å². The zero-order chi connectivity index (χ0) is 37.5. The first kappa shape index (κ1) is 31.5. The number of fused-ring (bicyclic) bond motifs is 10. The fourth-order valence-corrected chi connectivity index (χ4v) is 8.46. The molecule has 0 N–H and O–H groups in total. The van der Waals surface area contributed by atoms with E-state index in [4.69, 9.17) is 23.8 Å². The van der Waals surface area contributed by atoms with Crippen molar-refractivity contribution in [3.63, 3.8) is 0 Å². The van der Waals surface area contributed by atoms with Crippen molar-refractivity contribution in [2.75, 3.05) is 0 Å². The molecule has 8 aromatic carbocycles. The molecule has 266 valence electrons. The number of rotatable bonds is 5. The molecule has 0 saturated carbocycles. The molecule has 12 rings (SSSR count). The third-order valence-electron chi connectivity index (χ3n) is 11.1. The van der Waals surface area contributed by atoms with E-state index in [0.29, 0.717) is 17.6 Å². The summed E-state index contributed by atoms with van der Waals surface area (Å²) in [4.78, 5) is 15.5. The zero-order valence-corrected chi connectivity index (χ0v) is 30.4. The molecule has 0 aliphatic carbocycles. The van der Waals surface area contributed by atoms with E-state index in [1.165, 1.54) is 11.1 Å². The van der Waals surface area contributed by atoms with Crippen molar-refractivity contribution in [2.24, 2.45) is 0 Å². The minimum atomic E-state index is 0.539. The van der Waals surface area contributed by atoms with Gasteiger partial charge in [-0.05, 0) is 64.7 Å². The Labute approximate surface area is 325 Å². The van der Waals surface area contributed by atoms with Crippen LogP contribution in [-0.2, 0) is 0 Å². The van der Waals surface area contributed by atoms with Gasteiger partial charge < -0.3 is 8.83 Å². The molecule has 4 aromatic heterocycles. The Bertz CT molecular complexity index is 3510. The molecule has 12 aromatic rings. The lowest BCUT2D eigenvalue weighted by Gasteiger charge is -2.11. The van der Waals surface area contributed by atoms with Crippen LogP contribution in [0.4, 0.5) is 0 Å². The Kier molecular flexibility index (Phi) is 6.83. The summed E-state index contributed by atoms with van der Waals surface area (Å²) >= 11 is 0. The first-order valence-corrected chi connectivity index (χ1v) is 19.0. The van der Waals surface area contributed by atoms with Crippen LogP contribution in [0.5, 0.6) is 0 Å². The monoisotopic (exact) mass is 730 g/mol. The number of nitrogens with zero attached hydrogens (tertiary/aromatic N) is 4. The van der Waals surface area contributed by atoms with E-state index < -0.39 is 0 Å². The van der Waals surface area contributed by atoms with Crippen LogP contribution in [0.15, 0.2) is 191 Å². The predicted octanol–water partition coefficient (Wildman–Crippen LogP) is 13.4. The maximum atomic E-state index is 6.44. The van der Waals surface area contributed by atoms with Crippen LogP contribution in [0.25, 0.3) is 117 Å². The summed E-state index contributed by atoms with van der Waals surface area (Å²) in [5.74, 6) is 1.72. The Hall–Kier alpha value is -7.83. The van der Waals surface area contributed by atoms with Crippen LogP contribution in [0.2, 0.25) is 0 Å². The Balaban J connectivity index is 1.01. The number of aromatic nitrogens is 4. The van der Waals surface area contributed by atoms with E-state index in [2.05, 4.69) is 132 Å². The summed E-state index contributed by atoms with van der Waals surface area (Å²) in [6.07, 6.45) is 0. The van der Waals surface area contributed by atoms with Gasteiger partial charge in [0.2, 0.25) is 5.95 Å². The first-order chi connectivity index (χ1) is 28.2.